The minimum absolute atomic E-state index is 0.0209. The van der Waals surface area contributed by atoms with E-state index in [2.05, 4.69) is 67.3 Å². The zero-order chi connectivity index (χ0) is 36.7. The molecule has 2 heterocycles. The molecule has 4 nitrogen and oxygen atoms in total. The van der Waals surface area contributed by atoms with E-state index in [0.717, 1.165) is 43.6 Å². The number of nitrogens with zero attached hydrogens (tertiary/aromatic N) is 3. The van der Waals surface area contributed by atoms with Gasteiger partial charge in [-0.2, -0.15) is 10.5 Å². The Kier molecular flexibility index (Phi) is 11.7. The average Bonchev–Trinajstić information content (AvgIpc) is 4.00. The number of carbonyl (C=O) groups is 1. The van der Waals surface area contributed by atoms with Crippen molar-refractivity contribution in [3.8, 4) is 12.1 Å². The summed E-state index contributed by atoms with van der Waals surface area (Å²) in [5.41, 5.74) is 10.4. The van der Waals surface area contributed by atoms with Gasteiger partial charge in [-0.25, -0.2) is 0 Å². The van der Waals surface area contributed by atoms with Crippen LogP contribution < -0.4 is 4.90 Å². The molecule has 2 aromatic carbocycles. The summed E-state index contributed by atoms with van der Waals surface area (Å²) in [6, 6.07) is 25.1. The minimum atomic E-state index is -0.126. The van der Waals surface area contributed by atoms with Crippen LogP contribution in [0.4, 0.5) is 5.69 Å². The predicted molar refractivity (Wildman–Crippen MR) is 225 cm³/mol. The third kappa shape index (κ3) is 7.82. The molecule has 0 fully saturated rings. The molecule has 6 heteroatoms. The van der Waals surface area contributed by atoms with Crippen molar-refractivity contribution >= 4 is 69.1 Å². The second-order valence-corrected chi connectivity index (χ2v) is 16.6. The fourth-order valence-electron chi connectivity index (χ4n) is 8.05. The Bertz CT molecular complexity index is 2180. The first-order chi connectivity index (χ1) is 26.0. The van der Waals surface area contributed by atoms with Gasteiger partial charge in [0.05, 0.1) is 0 Å². The first kappa shape index (κ1) is 36.6. The molecule has 0 amide bonds. The van der Waals surface area contributed by atoms with Crippen LogP contribution in [0.25, 0.3) is 34.9 Å². The maximum Gasteiger partial charge on any atom is 0.194 e. The number of benzene rings is 2. The molecule has 0 saturated heterocycles. The van der Waals surface area contributed by atoms with Crippen molar-refractivity contribution < 1.29 is 4.79 Å². The lowest BCUT2D eigenvalue weighted by atomic mass is 9.99. The van der Waals surface area contributed by atoms with Crippen LogP contribution in [0.5, 0.6) is 0 Å². The Morgan fingerprint density at radius 2 is 1.30 bits per heavy atom. The molecule has 268 valence electrons. The Morgan fingerprint density at radius 3 is 1.91 bits per heavy atom. The monoisotopic (exact) mass is 733 g/mol. The average molecular weight is 734 g/mol. The summed E-state index contributed by atoms with van der Waals surface area (Å²) in [5.74, 6) is -0.126. The predicted octanol–water partition coefficient (Wildman–Crippen LogP) is 12.8. The SMILES string of the molecule is CCCCCCN(CCCCCC)c1ccc(/C=C/c2cc3c(s2)/C(=C2\CCc4cc(/C=C5\C(=O)c6ccccc6C5=C(C#N)C#N)sc42)CC3)cc1. The van der Waals surface area contributed by atoms with Crippen LogP contribution in [-0.4, -0.2) is 18.9 Å². The van der Waals surface area contributed by atoms with Gasteiger partial charge in [0.25, 0.3) is 0 Å². The summed E-state index contributed by atoms with van der Waals surface area (Å²) in [7, 11) is 0. The van der Waals surface area contributed by atoms with E-state index >= 15 is 0 Å². The smallest absolute Gasteiger partial charge is 0.194 e. The van der Waals surface area contributed by atoms with E-state index in [4.69, 9.17) is 0 Å². The lowest BCUT2D eigenvalue weighted by Gasteiger charge is -2.25. The quantitative estimate of drug-likeness (QED) is 0.0735. The number of hydrogen-bond acceptors (Lipinski definition) is 6. The summed E-state index contributed by atoms with van der Waals surface area (Å²) in [6.45, 7) is 6.84. The Balaban J connectivity index is 1.08. The van der Waals surface area contributed by atoms with Gasteiger partial charge in [-0.3, -0.25) is 4.79 Å². The lowest BCUT2D eigenvalue weighted by Crippen LogP contribution is -2.25. The number of ketones is 1. The zero-order valence-corrected chi connectivity index (χ0v) is 32.6. The van der Waals surface area contributed by atoms with E-state index in [9.17, 15) is 15.3 Å². The molecular formula is C47H47N3OS2. The van der Waals surface area contributed by atoms with Gasteiger partial charge < -0.3 is 4.90 Å². The first-order valence-electron chi connectivity index (χ1n) is 19.4. The zero-order valence-electron chi connectivity index (χ0n) is 31.0. The third-order valence-corrected chi connectivity index (χ3v) is 13.2. The number of thiophene rings is 2. The molecule has 3 aliphatic rings. The molecule has 2 aromatic heterocycles. The van der Waals surface area contributed by atoms with E-state index < -0.39 is 0 Å². The van der Waals surface area contributed by atoms with Crippen LogP contribution in [0.3, 0.4) is 0 Å². The molecule has 3 aliphatic carbocycles. The highest BCUT2D eigenvalue weighted by atomic mass is 32.1. The maximum absolute atomic E-state index is 13.5. The molecular weight excluding hydrogens is 687 g/mol. The van der Waals surface area contributed by atoms with E-state index in [0.29, 0.717) is 22.3 Å². The summed E-state index contributed by atoms with van der Waals surface area (Å²) in [5, 5.41) is 19.5. The van der Waals surface area contributed by atoms with Gasteiger partial charge in [-0.15, -0.1) is 22.7 Å². The molecule has 0 radical (unpaired) electrons. The summed E-state index contributed by atoms with van der Waals surface area (Å²) in [4.78, 5) is 21.1. The molecule has 0 atom stereocenters. The topological polar surface area (TPSA) is 67.9 Å². The highest BCUT2D eigenvalue weighted by molar-refractivity contribution is 7.15. The van der Waals surface area contributed by atoms with Crippen LogP contribution >= 0.6 is 22.7 Å². The van der Waals surface area contributed by atoms with E-state index in [1.807, 2.05) is 47.8 Å². The number of nitriles is 2. The van der Waals surface area contributed by atoms with E-state index in [1.165, 1.54) is 99.5 Å². The number of hydrogen-bond donors (Lipinski definition) is 0. The second-order valence-electron chi connectivity index (χ2n) is 14.4. The van der Waals surface area contributed by atoms with E-state index in [-0.39, 0.29) is 11.4 Å². The second kappa shape index (κ2) is 16.9. The molecule has 0 unspecified atom stereocenters. The van der Waals surface area contributed by atoms with Crippen molar-refractivity contribution in [2.75, 3.05) is 18.0 Å². The van der Waals surface area contributed by atoms with Crippen molar-refractivity contribution in [3.05, 3.63) is 119 Å². The molecule has 0 aliphatic heterocycles. The number of allylic oxidation sites excluding steroid dienone is 5. The van der Waals surface area contributed by atoms with Crippen LogP contribution in [0.15, 0.2) is 71.8 Å². The highest BCUT2D eigenvalue weighted by Crippen LogP contribution is 2.50. The summed E-state index contributed by atoms with van der Waals surface area (Å²) < 4.78 is 0. The Hall–Kier alpha value is -4.75. The molecule has 0 bridgehead atoms. The van der Waals surface area contributed by atoms with Crippen molar-refractivity contribution in [1.82, 2.24) is 0 Å². The molecule has 7 rings (SSSR count). The van der Waals surface area contributed by atoms with Gasteiger partial charge in [0.2, 0.25) is 0 Å². The first-order valence-corrected chi connectivity index (χ1v) is 21.1. The van der Waals surface area contributed by atoms with Crippen LogP contribution in [0, 0.1) is 22.7 Å². The fourth-order valence-corrected chi connectivity index (χ4v) is 10.5. The van der Waals surface area contributed by atoms with Gasteiger partial charge in [0, 0.05) is 55.0 Å². The molecule has 53 heavy (non-hydrogen) atoms. The Labute approximate surface area is 323 Å². The molecule has 0 spiro atoms. The minimum Gasteiger partial charge on any atom is -0.372 e. The maximum atomic E-state index is 13.5. The van der Waals surface area contributed by atoms with Gasteiger partial charge in [0.1, 0.15) is 17.7 Å². The van der Waals surface area contributed by atoms with E-state index in [1.54, 1.807) is 17.4 Å². The number of Topliss-reactive ketones (excluding diaryl/α,β-unsaturated/α-hetero) is 1. The molecule has 0 N–H and O–H groups in total. The highest BCUT2D eigenvalue weighted by Gasteiger charge is 2.33. The van der Waals surface area contributed by atoms with Crippen molar-refractivity contribution in [2.45, 2.75) is 90.9 Å². The van der Waals surface area contributed by atoms with Gasteiger partial charge in [0.15, 0.2) is 5.78 Å². The number of rotatable bonds is 14. The van der Waals surface area contributed by atoms with Gasteiger partial charge in [-0.1, -0.05) is 94.8 Å². The normalized spacial score (nSPS) is 16.6. The van der Waals surface area contributed by atoms with Gasteiger partial charge >= 0.3 is 0 Å². The summed E-state index contributed by atoms with van der Waals surface area (Å²) >= 11 is 3.64. The van der Waals surface area contributed by atoms with Crippen LogP contribution in [-0.2, 0) is 12.8 Å². The summed E-state index contributed by atoms with van der Waals surface area (Å²) in [6.07, 6.45) is 20.9. The van der Waals surface area contributed by atoms with Crippen molar-refractivity contribution in [3.63, 3.8) is 0 Å². The number of aryl methyl sites for hydroxylation is 2. The fraction of sp³-hybridized carbons (Fsp3) is 0.340. The standard InChI is InChI=1S/C47H47N3OS2/c1-3-5-7-11-25-50(26-12-8-6-4-2)36-20-15-32(16-21-36)17-22-37-27-33-18-23-41(46(33)52-37)42-24-19-34-28-38(53-47(34)42)29-43-44(35(30-48)31-49)39-13-9-10-14-40(39)45(43)51/h9-10,13-17,20-22,27-29H,3-8,11-12,18-19,23-26H2,1-2H3/b22-17+,42-41+,43-29-. The molecule has 4 aromatic rings. The van der Waals surface area contributed by atoms with Crippen molar-refractivity contribution in [1.29, 1.82) is 10.5 Å². The number of unbranched alkanes of at least 4 members (excludes halogenated alkanes) is 6. The number of anilines is 1. The van der Waals surface area contributed by atoms with Crippen molar-refractivity contribution in [2.24, 2.45) is 0 Å². The lowest BCUT2D eigenvalue weighted by molar-refractivity contribution is 0.104. The Morgan fingerprint density at radius 1 is 0.717 bits per heavy atom. The van der Waals surface area contributed by atoms with Crippen LogP contribution in [0.2, 0.25) is 0 Å². The number of carbonyl (C=O) groups excluding carboxylic acids is 1. The van der Waals surface area contributed by atoms with Gasteiger partial charge in [-0.05, 0) is 108 Å². The number of fused-ring (bicyclic) bond motifs is 3. The molecule has 0 saturated carbocycles. The van der Waals surface area contributed by atoms with Crippen LogP contribution in [0.1, 0.15) is 130 Å². The largest absolute Gasteiger partial charge is 0.372 e. The third-order valence-electron chi connectivity index (χ3n) is 10.8.